The molecular formula is C11H15ClFNO. The lowest BCUT2D eigenvalue weighted by atomic mass is 9.95. The molecular weight excluding hydrogens is 217 g/mol. The Kier molecular flexibility index (Phi) is 4.08. The van der Waals surface area contributed by atoms with Gasteiger partial charge in [0, 0.05) is 17.7 Å². The number of rotatable bonds is 4. The molecule has 1 unspecified atom stereocenters. The van der Waals surface area contributed by atoms with Crippen LogP contribution in [0.4, 0.5) is 4.39 Å². The van der Waals surface area contributed by atoms with Crippen molar-refractivity contribution in [3.05, 3.63) is 34.6 Å². The van der Waals surface area contributed by atoms with E-state index in [1.165, 1.54) is 12.1 Å². The molecule has 4 heteroatoms. The average Bonchev–Trinajstić information content (AvgIpc) is 2.09. The Morgan fingerprint density at radius 1 is 1.53 bits per heavy atom. The second-order valence-corrected chi connectivity index (χ2v) is 4.41. The summed E-state index contributed by atoms with van der Waals surface area (Å²) < 4.78 is 17.8. The zero-order valence-electron chi connectivity index (χ0n) is 8.89. The van der Waals surface area contributed by atoms with E-state index in [0.29, 0.717) is 18.1 Å². The third-order valence-electron chi connectivity index (χ3n) is 2.08. The molecule has 0 aliphatic heterocycles. The maximum Gasteiger partial charge on any atom is 0.124 e. The van der Waals surface area contributed by atoms with Crippen LogP contribution in [-0.4, -0.2) is 19.3 Å². The highest BCUT2D eigenvalue weighted by Crippen LogP contribution is 2.21. The molecule has 0 aliphatic carbocycles. The van der Waals surface area contributed by atoms with Gasteiger partial charge in [0.15, 0.2) is 0 Å². The molecule has 1 aromatic carbocycles. The Bertz CT molecular complexity index is 341. The maximum absolute atomic E-state index is 12.8. The highest BCUT2D eigenvalue weighted by atomic mass is 35.5. The standard InChI is InChI=1S/C11H15ClFNO/c1-11(14,7-15-2)6-8-3-4-9(13)5-10(8)12/h3-5H,6-7,14H2,1-2H3. The lowest BCUT2D eigenvalue weighted by Gasteiger charge is -2.24. The number of methoxy groups -OCH3 is 1. The van der Waals surface area contributed by atoms with Crippen LogP contribution >= 0.6 is 11.6 Å². The van der Waals surface area contributed by atoms with Crippen LogP contribution in [0.25, 0.3) is 0 Å². The Morgan fingerprint density at radius 2 is 2.20 bits per heavy atom. The van der Waals surface area contributed by atoms with Crippen LogP contribution in [0, 0.1) is 5.82 Å². The normalized spacial score (nSPS) is 15.0. The van der Waals surface area contributed by atoms with Gasteiger partial charge in [-0.05, 0) is 31.0 Å². The van der Waals surface area contributed by atoms with Crippen LogP contribution in [0.5, 0.6) is 0 Å². The molecule has 1 atom stereocenters. The minimum atomic E-state index is -0.490. The monoisotopic (exact) mass is 231 g/mol. The summed E-state index contributed by atoms with van der Waals surface area (Å²) in [4.78, 5) is 0. The molecule has 0 saturated carbocycles. The minimum absolute atomic E-state index is 0.339. The number of halogens is 2. The largest absolute Gasteiger partial charge is 0.383 e. The van der Waals surface area contributed by atoms with Crippen molar-refractivity contribution in [3.8, 4) is 0 Å². The molecule has 0 fully saturated rings. The zero-order chi connectivity index (χ0) is 11.5. The van der Waals surface area contributed by atoms with E-state index in [0.717, 1.165) is 5.56 Å². The van der Waals surface area contributed by atoms with Crippen molar-refractivity contribution in [1.82, 2.24) is 0 Å². The maximum atomic E-state index is 12.8. The van der Waals surface area contributed by atoms with Gasteiger partial charge in [-0.25, -0.2) is 4.39 Å². The summed E-state index contributed by atoms with van der Waals surface area (Å²) in [5.74, 6) is -0.339. The highest BCUT2D eigenvalue weighted by Gasteiger charge is 2.20. The molecule has 84 valence electrons. The molecule has 2 nitrogen and oxygen atoms in total. The van der Waals surface area contributed by atoms with Crippen molar-refractivity contribution in [2.75, 3.05) is 13.7 Å². The van der Waals surface area contributed by atoms with Gasteiger partial charge in [-0.2, -0.15) is 0 Å². The third-order valence-corrected chi connectivity index (χ3v) is 2.44. The molecule has 0 radical (unpaired) electrons. The van der Waals surface area contributed by atoms with E-state index in [-0.39, 0.29) is 5.82 Å². The molecule has 0 aliphatic rings. The molecule has 1 aromatic rings. The van der Waals surface area contributed by atoms with E-state index < -0.39 is 5.54 Å². The number of benzene rings is 1. The molecule has 0 bridgehead atoms. The third kappa shape index (κ3) is 3.78. The molecule has 0 spiro atoms. The topological polar surface area (TPSA) is 35.2 Å². The number of ether oxygens (including phenoxy) is 1. The van der Waals surface area contributed by atoms with E-state index in [2.05, 4.69) is 0 Å². The van der Waals surface area contributed by atoms with Gasteiger partial charge >= 0.3 is 0 Å². The van der Waals surface area contributed by atoms with Gasteiger partial charge in [0.2, 0.25) is 0 Å². The fourth-order valence-corrected chi connectivity index (χ4v) is 1.71. The number of hydrogen-bond acceptors (Lipinski definition) is 2. The molecule has 2 N–H and O–H groups in total. The fourth-order valence-electron chi connectivity index (χ4n) is 1.48. The SMILES string of the molecule is COCC(C)(N)Cc1ccc(F)cc1Cl. The first kappa shape index (κ1) is 12.4. The van der Waals surface area contributed by atoms with Crippen LogP contribution in [0.3, 0.4) is 0 Å². The molecule has 0 amide bonds. The first-order chi connectivity index (χ1) is 6.94. The first-order valence-electron chi connectivity index (χ1n) is 4.66. The van der Waals surface area contributed by atoms with Crippen molar-refractivity contribution in [2.24, 2.45) is 5.73 Å². The predicted octanol–water partition coefficient (Wildman–Crippen LogP) is 2.39. The molecule has 15 heavy (non-hydrogen) atoms. The lowest BCUT2D eigenvalue weighted by Crippen LogP contribution is -2.43. The summed E-state index contributed by atoms with van der Waals surface area (Å²) in [7, 11) is 1.59. The first-order valence-corrected chi connectivity index (χ1v) is 5.04. The van der Waals surface area contributed by atoms with Gasteiger partial charge in [-0.1, -0.05) is 17.7 Å². The van der Waals surface area contributed by atoms with Gasteiger partial charge in [-0.15, -0.1) is 0 Å². The van der Waals surface area contributed by atoms with Crippen LogP contribution in [0.1, 0.15) is 12.5 Å². The summed E-state index contributed by atoms with van der Waals surface area (Å²) in [6.45, 7) is 2.30. The van der Waals surface area contributed by atoms with Crippen LogP contribution < -0.4 is 5.73 Å². The van der Waals surface area contributed by atoms with Crippen molar-refractivity contribution in [1.29, 1.82) is 0 Å². The molecule has 0 saturated heterocycles. The van der Waals surface area contributed by atoms with E-state index in [1.807, 2.05) is 6.92 Å². The molecule has 0 aromatic heterocycles. The Labute approximate surface area is 94.2 Å². The Balaban J connectivity index is 2.80. The van der Waals surface area contributed by atoms with E-state index in [1.54, 1.807) is 13.2 Å². The minimum Gasteiger partial charge on any atom is -0.383 e. The van der Waals surface area contributed by atoms with Gasteiger partial charge in [0.05, 0.1) is 6.61 Å². The van der Waals surface area contributed by atoms with Crippen molar-refractivity contribution >= 4 is 11.6 Å². The van der Waals surface area contributed by atoms with Crippen molar-refractivity contribution in [3.63, 3.8) is 0 Å². The van der Waals surface area contributed by atoms with Crippen molar-refractivity contribution in [2.45, 2.75) is 18.9 Å². The average molecular weight is 232 g/mol. The highest BCUT2D eigenvalue weighted by molar-refractivity contribution is 6.31. The fraction of sp³-hybridized carbons (Fsp3) is 0.455. The van der Waals surface area contributed by atoms with E-state index >= 15 is 0 Å². The second-order valence-electron chi connectivity index (χ2n) is 4.00. The smallest absolute Gasteiger partial charge is 0.124 e. The predicted molar refractivity (Wildman–Crippen MR) is 59.6 cm³/mol. The summed E-state index contributed by atoms with van der Waals surface area (Å²) in [6, 6.07) is 4.32. The van der Waals surface area contributed by atoms with E-state index in [4.69, 9.17) is 22.1 Å². The van der Waals surface area contributed by atoms with Crippen LogP contribution in [0.15, 0.2) is 18.2 Å². The number of hydrogen-bond donors (Lipinski definition) is 1. The van der Waals surface area contributed by atoms with Gasteiger partial charge in [0.25, 0.3) is 0 Å². The summed E-state index contributed by atoms with van der Waals surface area (Å²) in [5.41, 5.74) is 6.33. The Morgan fingerprint density at radius 3 is 2.73 bits per heavy atom. The summed E-state index contributed by atoms with van der Waals surface area (Å²) >= 11 is 5.90. The molecule has 1 rings (SSSR count). The quantitative estimate of drug-likeness (QED) is 0.864. The molecule has 0 heterocycles. The summed E-state index contributed by atoms with van der Waals surface area (Å²) in [6.07, 6.45) is 0.556. The van der Waals surface area contributed by atoms with Crippen LogP contribution in [0.2, 0.25) is 5.02 Å². The van der Waals surface area contributed by atoms with Gasteiger partial charge in [-0.3, -0.25) is 0 Å². The second kappa shape index (κ2) is 4.92. The Hall–Kier alpha value is -0.640. The van der Waals surface area contributed by atoms with Crippen molar-refractivity contribution < 1.29 is 9.13 Å². The van der Waals surface area contributed by atoms with E-state index in [9.17, 15) is 4.39 Å². The van der Waals surface area contributed by atoms with Gasteiger partial charge in [0.1, 0.15) is 5.82 Å². The van der Waals surface area contributed by atoms with Crippen LogP contribution in [-0.2, 0) is 11.2 Å². The van der Waals surface area contributed by atoms with Gasteiger partial charge < -0.3 is 10.5 Å². The zero-order valence-corrected chi connectivity index (χ0v) is 9.64. The summed E-state index contributed by atoms with van der Waals surface area (Å²) in [5, 5.41) is 0.405. The lowest BCUT2D eigenvalue weighted by molar-refractivity contribution is 0.141. The number of nitrogens with two attached hydrogens (primary N) is 1.